The molecule has 21 heavy (non-hydrogen) atoms. The Morgan fingerprint density at radius 3 is 3.00 bits per heavy atom. The van der Waals surface area contributed by atoms with Crippen molar-refractivity contribution in [3.63, 3.8) is 0 Å². The number of hydrogen-bond acceptors (Lipinski definition) is 5. The van der Waals surface area contributed by atoms with E-state index in [9.17, 15) is 9.59 Å². The van der Waals surface area contributed by atoms with Crippen LogP contribution in [0, 0.1) is 11.8 Å². The molecule has 0 saturated heterocycles. The van der Waals surface area contributed by atoms with Gasteiger partial charge in [-0.15, -0.1) is 0 Å². The van der Waals surface area contributed by atoms with E-state index in [2.05, 4.69) is 26.7 Å². The molecule has 0 atom stereocenters. The SMILES string of the molecule is NC(=O)OCC#Cc1nn(-c2cccc(Cl)n2)cc1C=O. The minimum absolute atomic E-state index is 0.185. The summed E-state index contributed by atoms with van der Waals surface area (Å²) in [6.45, 7) is -0.185. The maximum absolute atomic E-state index is 11.0. The van der Waals surface area contributed by atoms with Gasteiger partial charge in [-0.1, -0.05) is 23.6 Å². The summed E-state index contributed by atoms with van der Waals surface area (Å²) in [6.07, 6.45) is 1.17. The zero-order valence-corrected chi connectivity index (χ0v) is 11.4. The summed E-state index contributed by atoms with van der Waals surface area (Å²) in [5.74, 6) is 5.60. The van der Waals surface area contributed by atoms with Gasteiger partial charge in [-0.3, -0.25) is 4.79 Å². The standard InChI is InChI=1S/C13H9ClN4O3/c14-11-4-1-5-12(16-11)18-7-9(8-19)10(17-18)3-2-6-21-13(15)20/h1,4-5,7-8H,6H2,(H2,15,20). The molecular formula is C13H9ClN4O3. The van der Waals surface area contributed by atoms with E-state index in [1.54, 1.807) is 18.2 Å². The summed E-state index contributed by atoms with van der Waals surface area (Å²) in [7, 11) is 0. The lowest BCUT2D eigenvalue weighted by molar-refractivity contribution is 0.112. The molecule has 0 fully saturated rings. The van der Waals surface area contributed by atoms with Crippen molar-refractivity contribution in [2.45, 2.75) is 0 Å². The number of ether oxygens (including phenoxy) is 1. The van der Waals surface area contributed by atoms with Crippen LogP contribution >= 0.6 is 11.6 Å². The highest BCUT2D eigenvalue weighted by atomic mass is 35.5. The van der Waals surface area contributed by atoms with Crippen LogP contribution in [0.15, 0.2) is 24.4 Å². The zero-order chi connectivity index (χ0) is 15.2. The minimum Gasteiger partial charge on any atom is -0.437 e. The molecule has 7 nitrogen and oxygen atoms in total. The molecule has 2 heterocycles. The molecule has 0 unspecified atom stereocenters. The van der Waals surface area contributed by atoms with Crippen LogP contribution in [0.3, 0.4) is 0 Å². The van der Waals surface area contributed by atoms with E-state index in [1.165, 1.54) is 10.9 Å². The summed E-state index contributed by atoms with van der Waals surface area (Å²) in [5, 5.41) is 4.43. The van der Waals surface area contributed by atoms with Crippen LogP contribution < -0.4 is 5.73 Å². The number of nitrogens with two attached hydrogens (primary N) is 1. The smallest absolute Gasteiger partial charge is 0.405 e. The maximum Gasteiger partial charge on any atom is 0.405 e. The van der Waals surface area contributed by atoms with Gasteiger partial charge in [0.2, 0.25) is 0 Å². The molecule has 0 saturated carbocycles. The van der Waals surface area contributed by atoms with Crippen molar-refractivity contribution < 1.29 is 14.3 Å². The lowest BCUT2D eigenvalue weighted by Gasteiger charge is -1.98. The van der Waals surface area contributed by atoms with Gasteiger partial charge in [0.1, 0.15) is 10.8 Å². The van der Waals surface area contributed by atoms with E-state index in [-0.39, 0.29) is 17.9 Å². The molecule has 2 aromatic heterocycles. The molecule has 8 heteroatoms. The molecule has 0 bridgehead atoms. The molecule has 2 N–H and O–H groups in total. The largest absolute Gasteiger partial charge is 0.437 e. The average molecular weight is 305 g/mol. The number of aromatic nitrogens is 3. The molecule has 1 amide bonds. The Kier molecular flexibility index (Phi) is 4.53. The molecule has 0 aliphatic heterocycles. The number of rotatable bonds is 3. The second kappa shape index (κ2) is 6.54. The van der Waals surface area contributed by atoms with Gasteiger partial charge in [0, 0.05) is 6.20 Å². The van der Waals surface area contributed by atoms with Gasteiger partial charge >= 0.3 is 6.09 Å². The van der Waals surface area contributed by atoms with E-state index in [4.69, 9.17) is 17.3 Å². The number of hydrogen-bond donors (Lipinski definition) is 1. The third kappa shape index (κ3) is 3.81. The number of carbonyl (C=O) groups excluding carboxylic acids is 2. The van der Waals surface area contributed by atoms with Crippen LogP contribution in [0.2, 0.25) is 5.15 Å². The molecule has 0 aliphatic rings. The Balaban J connectivity index is 2.27. The highest BCUT2D eigenvalue weighted by Gasteiger charge is 2.08. The van der Waals surface area contributed by atoms with E-state index >= 15 is 0 Å². The topological polar surface area (TPSA) is 100 Å². The first kappa shape index (κ1) is 14.6. The van der Waals surface area contributed by atoms with Crippen LogP contribution in [-0.2, 0) is 4.74 Å². The van der Waals surface area contributed by atoms with Gasteiger partial charge < -0.3 is 10.5 Å². The second-order valence-corrected chi connectivity index (χ2v) is 4.11. The normalized spacial score (nSPS) is 9.57. The van der Waals surface area contributed by atoms with Gasteiger partial charge in [-0.2, -0.15) is 5.10 Å². The minimum atomic E-state index is -0.923. The molecule has 0 radical (unpaired) electrons. The molecule has 106 valence electrons. The lowest BCUT2D eigenvalue weighted by Crippen LogP contribution is -2.12. The molecular weight excluding hydrogens is 296 g/mol. The third-order valence-electron chi connectivity index (χ3n) is 2.30. The van der Waals surface area contributed by atoms with Crippen molar-refractivity contribution in [2.75, 3.05) is 6.61 Å². The Hall–Kier alpha value is -2.85. The number of carbonyl (C=O) groups is 2. The number of pyridine rings is 1. The highest BCUT2D eigenvalue weighted by molar-refractivity contribution is 6.29. The van der Waals surface area contributed by atoms with Crippen molar-refractivity contribution in [2.24, 2.45) is 5.73 Å². The van der Waals surface area contributed by atoms with E-state index in [0.29, 0.717) is 17.3 Å². The van der Waals surface area contributed by atoms with Gasteiger partial charge in [0.15, 0.2) is 18.7 Å². The Morgan fingerprint density at radius 1 is 1.52 bits per heavy atom. The number of halogens is 1. The Bertz CT molecular complexity index is 745. The summed E-state index contributed by atoms with van der Waals surface area (Å²) in [5.41, 5.74) is 5.31. The highest BCUT2D eigenvalue weighted by Crippen LogP contribution is 2.11. The fourth-order valence-electron chi connectivity index (χ4n) is 1.44. The van der Waals surface area contributed by atoms with Gasteiger partial charge in [-0.05, 0) is 18.1 Å². The first-order valence-corrected chi connectivity index (χ1v) is 6.07. The van der Waals surface area contributed by atoms with E-state index in [1.807, 2.05) is 0 Å². The predicted molar refractivity (Wildman–Crippen MR) is 74.2 cm³/mol. The maximum atomic E-state index is 11.0. The van der Waals surface area contributed by atoms with Crippen molar-refractivity contribution in [1.29, 1.82) is 0 Å². The monoisotopic (exact) mass is 304 g/mol. The van der Waals surface area contributed by atoms with Crippen LogP contribution in [0.4, 0.5) is 4.79 Å². The summed E-state index contributed by atoms with van der Waals surface area (Å²) in [4.78, 5) is 25.5. The Morgan fingerprint density at radius 2 is 2.33 bits per heavy atom. The van der Waals surface area contributed by atoms with Crippen molar-refractivity contribution >= 4 is 24.0 Å². The molecule has 0 aliphatic carbocycles. The number of amides is 1. The molecule has 2 aromatic rings. The summed E-state index contributed by atoms with van der Waals surface area (Å²) in [6, 6.07) is 5.01. The second-order valence-electron chi connectivity index (χ2n) is 3.72. The number of aldehydes is 1. The van der Waals surface area contributed by atoms with Crippen LogP contribution in [0.1, 0.15) is 16.1 Å². The molecule has 0 spiro atoms. The van der Waals surface area contributed by atoms with Crippen LogP contribution in [0.5, 0.6) is 0 Å². The molecule has 0 aromatic carbocycles. The summed E-state index contributed by atoms with van der Waals surface area (Å²) < 4.78 is 5.84. The van der Waals surface area contributed by atoms with Crippen LogP contribution in [-0.4, -0.2) is 33.8 Å². The van der Waals surface area contributed by atoms with E-state index < -0.39 is 6.09 Å². The fraction of sp³-hybridized carbons (Fsp3) is 0.0769. The quantitative estimate of drug-likeness (QED) is 0.521. The van der Waals surface area contributed by atoms with E-state index in [0.717, 1.165) is 0 Å². The van der Waals surface area contributed by atoms with Crippen LogP contribution in [0.25, 0.3) is 5.82 Å². The van der Waals surface area contributed by atoms with Crippen molar-refractivity contribution in [3.8, 4) is 17.7 Å². The molecule has 2 rings (SSSR count). The predicted octanol–water partition coefficient (Wildman–Crippen LogP) is 1.18. The first-order chi connectivity index (χ1) is 10.1. The van der Waals surface area contributed by atoms with Crippen molar-refractivity contribution in [1.82, 2.24) is 14.8 Å². The average Bonchev–Trinajstić information content (AvgIpc) is 2.86. The van der Waals surface area contributed by atoms with Gasteiger partial charge in [0.25, 0.3) is 0 Å². The zero-order valence-electron chi connectivity index (χ0n) is 10.6. The summed E-state index contributed by atoms with van der Waals surface area (Å²) >= 11 is 5.80. The third-order valence-corrected chi connectivity index (χ3v) is 2.51. The van der Waals surface area contributed by atoms with Gasteiger partial charge in [0.05, 0.1) is 5.56 Å². The fourth-order valence-corrected chi connectivity index (χ4v) is 1.60. The van der Waals surface area contributed by atoms with Gasteiger partial charge in [-0.25, -0.2) is 14.5 Å². The first-order valence-electron chi connectivity index (χ1n) is 5.69. The Labute approximate surface area is 124 Å². The number of primary amides is 1. The lowest BCUT2D eigenvalue weighted by atomic mass is 10.3. The number of nitrogens with zero attached hydrogens (tertiary/aromatic N) is 3. The van der Waals surface area contributed by atoms with Crippen molar-refractivity contribution in [3.05, 3.63) is 40.8 Å².